The third-order valence-corrected chi connectivity index (χ3v) is 9.81. The first-order valence-electron chi connectivity index (χ1n) is 12.5. The Morgan fingerprint density at radius 3 is 2.14 bits per heavy atom. The number of nitrogens with zero attached hydrogens (tertiary/aromatic N) is 2. The van der Waals surface area contributed by atoms with Crippen LogP contribution >= 0.6 is 0 Å². The number of furan rings is 1. The van der Waals surface area contributed by atoms with Gasteiger partial charge < -0.3 is 4.42 Å². The van der Waals surface area contributed by atoms with Gasteiger partial charge in [0.05, 0.1) is 25.3 Å². The van der Waals surface area contributed by atoms with Gasteiger partial charge in [-0.3, -0.25) is 0 Å². The van der Waals surface area contributed by atoms with Gasteiger partial charge in [-0.05, 0) is 49.6 Å². The molecule has 0 N–H and O–H groups in total. The maximum atomic E-state index is 9.85. The smallest absolute Gasteiger partial charge is 0.216 e. The van der Waals surface area contributed by atoms with Gasteiger partial charge in [-0.2, -0.15) is 9.83 Å². The van der Waals surface area contributed by atoms with Crippen molar-refractivity contribution in [1.29, 1.82) is 5.26 Å². The molecule has 0 fully saturated rings. The van der Waals surface area contributed by atoms with Gasteiger partial charge >= 0.3 is 0 Å². The maximum absolute atomic E-state index is 9.85. The average Bonchev–Trinajstić information content (AvgIpc) is 3.22. The van der Waals surface area contributed by atoms with E-state index < -0.39 is 8.07 Å². The molecule has 0 amide bonds. The van der Waals surface area contributed by atoms with E-state index in [0.717, 1.165) is 44.3 Å². The van der Waals surface area contributed by atoms with Crippen LogP contribution in [0.25, 0.3) is 44.3 Å². The molecule has 0 aliphatic rings. The Morgan fingerprint density at radius 2 is 1.50 bits per heavy atom. The third kappa shape index (κ3) is 3.75. The van der Waals surface area contributed by atoms with Gasteiger partial charge in [0.2, 0.25) is 5.69 Å². The summed E-state index contributed by atoms with van der Waals surface area (Å²) in [5, 5.41) is 13.3. The van der Waals surface area contributed by atoms with E-state index >= 15 is 0 Å². The summed E-state index contributed by atoms with van der Waals surface area (Å²) in [6.45, 7) is 15.7. The molecule has 0 aliphatic carbocycles. The van der Waals surface area contributed by atoms with Crippen LogP contribution in [0.5, 0.6) is 0 Å². The lowest BCUT2D eigenvalue weighted by Crippen LogP contribution is -2.37. The van der Waals surface area contributed by atoms with Crippen LogP contribution in [0.1, 0.15) is 27.9 Å². The van der Waals surface area contributed by atoms with Gasteiger partial charge in [0.25, 0.3) is 0 Å². The van der Waals surface area contributed by atoms with Crippen molar-refractivity contribution in [3.05, 3.63) is 82.5 Å². The molecule has 0 saturated carbocycles. The van der Waals surface area contributed by atoms with Gasteiger partial charge in [-0.1, -0.05) is 61.2 Å². The number of aromatic nitrogens is 1. The molecule has 3 nitrogen and oxygen atoms in total. The second-order valence-corrected chi connectivity index (χ2v) is 16.1. The number of hydrogen-bond donors (Lipinski definition) is 0. The normalized spacial score (nSPS) is 11.9. The van der Waals surface area contributed by atoms with Crippen molar-refractivity contribution < 1.29 is 8.98 Å². The second-order valence-electron chi connectivity index (χ2n) is 11.1. The van der Waals surface area contributed by atoms with Crippen LogP contribution in [0.4, 0.5) is 0 Å². The largest absolute Gasteiger partial charge is 0.454 e. The molecule has 0 bridgehead atoms. The van der Waals surface area contributed by atoms with E-state index in [9.17, 15) is 5.26 Å². The minimum Gasteiger partial charge on any atom is -0.454 e. The number of hydrogen-bond acceptors (Lipinski definition) is 2. The average molecular weight is 490 g/mol. The van der Waals surface area contributed by atoms with Gasteiger partial charge in [-0.15, -0.1) is 0 Å². The van der Waals surface area contributed by atoms with E-state index in [4.69, 9.17) is 4.42 Å². The molecule has 36 heavy (non-hydrogen) atoms. The van der Waals surface area contributed by atoms with Gasteiger partial charge in [0.1, 0.15) is 18.2 Å². The number of fused-ring (bicyclic) bond motifs is 3. The van der Waals surface area contributed by atoms with E-state index in [1.54, 1.807) is 0 Å². The molecule has 3 aromatic carbocycles. The predicted octanol–water partition coefficient (Wildman–Crippen LogP) is 7.40. The summed E-state index contributed by atoms with van der Waals surface area (Å²) < 4.78 is 9.01. The molecular formula is C32H33N2OSi+. The molecule has 0 radical (unpaired) electrons. The predicted molar refractivity (Wildman–Crippen MR) is 152 cm³/mol. The SMILES string of the molecule is Cc1cc(-c2c(C)ccc3c2oc2c(-c4ccc([Si](C)(C)C)cc4)cc(C#N)cc23)[n+](C)c(C)c1C. The molecule has 2 heterocycles. The Labute approximate surface area is 214 Å². The first-order valence-corrected chi connectivity index (χ1v) is 16.0. The summed E-state index contributed by atoms with van der Waals surface area (Å²) in [4.78, 5) is 0. The van der Waals surface area contributed by atoms with Gasteiger partial charge in [-0.25, -0.2) is 0 Å². The molecule has 2 aromatic heterocycles. The Morgan fingerprint density at radius 1 is 0.806 bits per heavy atom. The fourth-order valence-corrected chi connectivity index (χ4v) is 6.32. The van der Waals surface area contributed by atoms with Crippen LogP contribution in [0, 0.1) is 39.0 Å². The summed E-state index contributed by atoms with van der Waals surface area (Å²) in [5.41, 5.74) is 11.6. The number of pyridine rings is 1. The fourth-order valence-electron chi connectivity index (χ4n) is 5.15. The summed E-state index contributed by atoms with van der Waals surface area (Å²) in [5.74, 6) is 0. The minimum atomic E-state index is -1.40. The number of benzene rings is 3. The molecule has 0 unspecified atom stereocenters. The van der Waals surface area contributed by atoms with E-state index in [1.807, 2.05) is 12.1 Å². The van der Waals surface area contributed by atoms with Crippen molar-refractivity contribution in [1.82, 2.24) is 0 Å². The van der Waals surface area contributed by atoms with Crippen molar-refractivity contribution in [2.24, 2.45) is 7.05 Å². The lowest BCUT2D eigenvalue weighted by molar-refractivity contribution is -0.667. The Bertz CT molecular complexity index is 1710. The van der Waals surface area contributed by atoms with E-state index in [1.165, 1.54) is 27.6 Å². The fraction of sp³-hybridized carbons (Fsp3) is 0.250. The molecule has 0 saturated heterocycles. The molecule has 5 aromatic rings. The Kier molecular flexibility index (Phi) is 5.65. The van der Waals surface area contributed by atoms with Crippen molar-refractivity contribution in [2.75, 3.05) is 0 Å². The zero-order valence-corrected chi connectivity index (χ0v) is 23.5. The third-order valence-electron chi connectivity index (χ3n) is 7.75. The highest BCUT2D eigenvalue weighted by Crippen LogP contribution is 2.41. The van der Waals surface area contributed by atoms with Crippen LogP contribution in [0.3, 0.4) is 0 Å². The highest BCUT2D eigenvalue weighted by molar-refractivity contribution is 6.88. The first-order chi connectivity index (χ1) is 17.0. The minimum absolute atomic E-state index is 0.643. The highest BCUT2D eigenvalue weighted by Gasteiger charge is 2.25. The number of aryl methyl sites for hydroxylation is 2. The summed E-state index contributed by atoms with van der Waals surface area (Å²) in [7, 11) is 0.719. The monoisotopic (exact) mass is 489 g/mol. The van der Waals surface area contributed by atoms with Crippen LogP contribution < -0.4 is 9.75 Å². The van der Waals surface area contributed by atoms with Crippen LogP contribution in [0.15, 0.2) is 59.0 Å². The van der Waals surface area contributed by atoms with E-state index in [0.29, 0.717) is 5.56 Å². The topological polar surface area (TPSA) is 40.8 Å². The van der Waals surface area contributed by atoms with Gasteiger partial charge in [0.15, 0.2) is 5.69 Å². The second kappa shape index (κ2) is 8.46. The van der Waals surface area contributed by atoms with Crippen molar-refractivity contribution in [3.8, 4) is 28.5 Å². The quantitative estimate of drug-likeness (QED) is 0.196. The van der Waals surface area contributed by atoms with E-state index in [-0.39, 0.29) is 0 Å². The maximum Gasteiger partial charge on any atom is 0.216 e. The van der Waals surface area contributed by atoms with Gasteiger partial charge in [0, 0.05) is 34.9 Å². The molecule has 0 atom stereocenters. The van der Waals surface area contributed by atoms with Crippen LogP contribution in [0.2, 0.25) is 19.6 Å². The van der Waals surface area contributed by atoms with Crippen molar-refractivity contribution in [2.45, 2.75) is 47.3 Å². The van der Waals surface area contributed by atoms with Crippen molar-refractivity contribution in [3.63, 3.8) is 0 Å². The van der Waals surface area contributed by atoms with Crippen LogP contribution in [-0.4, -0.2) is 8.07 Å². The lowest BCUT2D eigenvalue weighted by Gasteiger charge is -2.16. The summed E-state index contributed by atoms with van der Waals surface area (Å²) >= 11 is 0. The zero-order valence-electron chi connectivity index (χ0n) is 22.5. The molecule has 180 valence electrons. The molecule has 0 aliphatic heterocycles. The Hall–Kier alpha value is -3.68. The van der Waals surface area contributed by atoms with Crippen molar-refractivity contribution >= 4 is 35.2 Å². The summed E-state index contributed by atoms with van der Waals surface area (Å²) in [6.07, 6.45) is 0. The Balaban J connectivity index is 1.84. The standard InChI is InChI=1S/C32H33N2OSi/c1-19-9-14-26-28-17-23(18-33)16-27(24-10-12-25(13-11-24)36(6,7)8)31(28)35-32(26)30(19)29-15-20(2)21(3)22(4)34(29)5/h9-17H,1-8H3/q+1. The molecule has 5 rings (SSSR count). The van der Waals surface area contributed by atoms with E-state index in [2.05, 4.69) is 107 Å². The lowest BCUT2D eigenvalue weighted by atomic mass is 9.96. The first kappa shape index (κ1) is 24.0. The molecule has 0 spiro atoms. The number of nitriles is 1. The van der Waals surface area contributed by atoms with Crippen LogP contribution in [-0.2, 0) is 7.05 Å². The zero-order chi connectivity index (χ0) is 25.9. The molecular weight excluding hydrogens is 456 g/mol. The summed E-state index contributed by atoms with van der Waals surface area (Å²) in [6, 6.07) is 21.7. The highest BCUT2D eigenvalue weighted by atomic mass is 28.3. The molecule has 4 heteroatoms. The number of rotatable bonds is 3.